The van der Waals surface area contributed by atoms with Crippen LogP contribution < -0.4 is 15.4 Å². The maximum atomic E-state index is 10.6. The van der Waals surface area contributed by atoms with Crippen LogP contribution in [0.1, 0.15) is 25.0 Å². The second-order valence-electron chi connectivity index (χ2n) is 5.93. The van der Waals surface area contributed by atoms with Gasteiger partial charge in [0.25, 0.3) is 0 Å². The van der Waals surface area contributed by atoms with Crippen molar-refractivity contribution in [3.05, 3.63) is 41.9 Å². The van der Waals surface area contributed by atoms with Crippen molar-refractivity contribution in [2.75, 3.05) is 20.2 Å². The molecule has 2 aromatic heterocycles. The minimum Gasteiger partial charge on any atom is -0.481 e. The molecule has 144 valence electrons. The fraction of sp³-hybridized carbons (Fsp3) is 0.471. The van der Waals surface area contributed by atoms with Crippen LogP contribution in [-0.4, -0.2) is 46.0 Å². The van der Waals surface area contributed by atoms with Gasteiger partial charge in [-0.2, -0.15) is 5.10 Å². The molecule has 0 bridgehead atoms. The highest BCUT2D eigenvalue weighted by atomic mass is 127. The van der Waals surface area contributed by atoms with Crippen molar-refractivity contribution < 1.29 is 9.84 Å². The molecule has 0 aliphatic heterocycles. The Hall–Kier alpha value is -1.88. The summed E-state index contributed by atoms with van der Waals surface area (Å²) in [5.74, 6) is 1.20. The third-order valence-electron chi connectivity index (χ3n) is 3.70. The third kappa shape index (κ3) is 6.45. The van der Waals surface area contributed by atoms with E-state index in [4.69, 9.17) is 4.74 Å². The predicted molar refractivity (Wildman–Crippen MR) is 112 cm³/mol. The van der Waals surface area contributed by atoms with Gasteiger partial charge in [-0.3, -0.25) is 4.68 Å². The van der Waals surface area contributed by atoms with Crippen LogP contribution in [0.4, 0.5) is 0 Å². The first-order chi connectivity index (χ1) is 11.9. The number of nitrogens with one attached hydrogen (secondary N) is 2. The van der Waals surface area contributed by atoms with Crippen LogP contribution in [0.5, 0.6) is 5.88 Å². The number of guanidine groups is 1. The summed E-state index contributed by atoms with van der Waals surface area (Å²) in [6, 6.07) is 3.73. The summed E-state index contributed by atoms with van der Waals surface area (Å²) < 4.78 is 6.71. The van der Waals surface area contributed by atoms with Gasteiger partial charge in [0, 0.05) is 37.6 Å². The first-order valence-corrected chi connectivity index (χ1v) is 8.17. The van der Waals surface area contributed by atoms with Gasteiger partial charge in [0.15, 0.2) is 5.96 Å². The molecule has 0 aromatic carbocycles. The molecular formula is C17H27IN6O2. The smallest absolute Gasteiger partial charge is 0.212 e. The molecule has 0 aliphatic carbocycles. The van der Waals surface area contributed by atoms with Gasteiger partial charge >= 0.3 is 0 Å². The van der Waals surface area contributed by atoms with Gasteiger partial charge in [-0.25, -0.2) is 9.98 Å². The number of hydrogen-bond donors (Lipinski definition) is 3. The highest BCUT2D eigenvalue weighted by Gasteiger charge is 2.24. The van der Waals surface area contributed by atoms with Crippen molar-refractivity contribution in [1.29, 1.82) is 0 Å². The van der Waals surface area contributed by atoms with E-state index in [0.717, 1.165) is 17.7 Å². The van der Waals surface area contributed by atoms with Gasteiger partial charge in [0.2, 0.25) is 5.88 Å². The van der Waals surface area contributed by atoms with Crippen LogP contribution in [0, 0.1) is 0 Å². The highest BCUT2D eigenvalue weighted by molar-refractivity contribution is 14.0. The number of aryl methyl sites for hydroxylation is 1. The maximum Gasteiger partial charge on any atom is 0.212 e. The molecule has 2 heterocycles. The number of halogens is 1. The molecule has 0 radical (unpaired) electrons. The number of ether oxygens (including phenoxy) is 1. The van der Waals surface area contributed by atoms with Crippen LogP contribution in [0.15, 0.2) is 35.7 Å². The van der Waals surface area contributed by atoms with Crippen LogP contribution in [-0.2, 0) is 19.2 Å². The van der Waals surface area contributed by atoms with Crippen molar-refractivity contribution in [2.45, 2.75) is 26.0 Å². The molecule has 0 aliphatic rings. The molecule has 0 spiro atoms. The average Bonchev–Trinajstić information content (AvgIpc) is 3.05. The molecule has 26 heavy (non-hydrogen) atoms. The minimum absolute atomic E-state index is 0. The van der Waals surface area contributed by atoms with Crippen molar-refractivity contribution in [1.82, 2.24) is 25.4 Å². The Morgan fingerprint density at radius 2 is 2.12 bits per heavy atom. The van der Waals surface area contributed by atoms with Crippen LogP contribution in [0.3, 0.4) is 0 Å². The third-order valence-corrected chi connectivity index (χ3v) is 3.70. The molecule has 9 heteroatoms. The van der Waals surface area contributed by atoms with E-state index in [9.17, 15) is 5.11 Å². The minimum atomic E-state index is -1.05. The Morgan fingerprint density at radius 1 is 1.35 bits per heavy atom. The first kappa shape index (κ1) is 22.2. The number of methoxy groups -OCH3 is 1. The number of rotatable bonds is 7. The standard InChI is InChI=1S/C17H26N6O2.HI/c1-5-18-16(20-9-13-6-7-15(25-4)19-8-13)21-12-17(2,24)14-10-22-23(3)11-14;/h6-8,10-11,24H,5,9,12H2,1-4H3,(H2,18,20,21);1H. The summed E-state index contributed by atoms with van der Waals surface area (Å²) in [4.78, 5) is 8.69. The van der Waals surface area contributed by atoms with E-state index in [1.54, 1.807) is 43.4 Å². The fourth-order valence-electron chi connectivity index (χ4n) is 2.19. The summed E-state index contributed by atoms with van der Waals surface area (Å²) in [5, 5.41) is 21.1. The van der Waals surface area contributed by atoms with Crippen molar-refractivity contribution in [2.24, 2.45) is 12.0 Å². The number of pyridine rings is 1. The van der Waals surface area contributed by atoms with E-state index in [1.165, 1.54) is 0 Å². The van der Waals surface area contributed by atoms with E-state index in [-0.39, 0.29) is 24.0 Å². The molecule has 0 fully saturated rings. The van der Waals surface area contributed by atoms with E-state index in [2.05, 4.69) is 25.7 Å². The molecule has 2 rings (SSSR count). The topological polar surface area (TPSA) is 96.6 Å². The Kier molecular flexibility index (Phi) is 8.79. The van der Waals surface area contributed by atoms with Crippen molar-refractivity contribution in [3.63, 3.8) is 0 Å². The lowest BCUT2D eigenvalue weighted by molar-refractivity contribution is 0.0616. The molecule has 0 saturated heterocycles. The second kappa shape index (κ2) is 10.3. The second-order valence-corrected chi connectivity index (χ2v) is 5.93. The van der Waals surface area contributed by atoms with Crippen molar-refractivity contribution >= 4 is 29.9 Å². The molecule has 8 nitrogen and oxygen atoms in total. The Morgan fingerprint density at radius 3 is 2.65 bits per heavy atom. The van der Waals surface area contributed by atoms with Crippen LogP contribution >= 0.6 is 24.0 Å². The van der Waals surface area contributed by atoms with E-state index >= 15 is 0 Å². The van der Waals surface area contributed by atoms with E-state index in [0.29, 0.717) is 24.9 Å². The zero-order valence-corrected chi connectivity index (χ0v) is 17.9. The zero-order valence-electron chi connectivity index (χ0n) is 15.6. The maximum absolute atomic E-state index is 10.6. The largest absolute Gasteiger partial charge is 0.481 e. The summed E-state index contributed by atoms with van der Waals surface area (Å²) in [6.45, 7) is 5.24. The number of nitrogens with zero attached hydrogens (tertiary/aromatic N) is 4. The molecule has 0 saturated carbocycles. The number of aromatic nitrogens is 3. The van der Waals surface area contributed by atoms with Crippen LogP contribution in [0.25, 0.3) is 0 Å². The normalized spacial score (nSPS) is 13.5. The number of aliphatic hydroxyl groups is 1. The lowest BCUT2D eigenvalue weighted by Gasteiger charge is -2.23. The Balaban J connectivity index is 0.00000338. The lowest BCUT2D eigenvalue weighted by Crippen LogP contribution is -2.44. The summed E-state index contributed by atoms with van der Waals surface area (Å²) in [5.41, 5.74) is 0.668. The molecule has 0 amide bonds. The monoisotopic (exact) mass is 474 g/mol. The Labute approximate surface area is 171 Å². The number of hydrogen-bond acceptors (Lipinski definition) is 5. The van der Waals surface area contributed by atoms with Gasteiger partial charge < -0.3 is 20.5 Å². The van der Waals surface area contributed by atoms with Gasteiger partial charge in [-0.15, -0.1) is 24.0 Å². The molecular weight excluding hydrogens is 447 g/mol. The quantitative estimate of drug-likeness (QED) is 0.319. The summed E-state index contributed by atoms with van der Waals surface area (Å²) >= 11 is 0. The zero-order chi connectivity index (χ0) is 18.3. The predicted octanol–water partition coefficient (Wildman–Crippen LogP) is 1.40. The lowest BCUT2D eigenvalue weighted by atomic mass is 10.00. The summed E-state index contributed by atoms with van der Waals surface area (Å²) in [7, 11) is 3.41. The first-order valence-electron chi connectivity index (χ1n) is 8.17. The van der Waals surface area contributed by atoms with Gasteiger partial charge in [0.05, 0.1) is 26.4 Å². The van der Waals surface area contributed by atoms with Crippen molar-refractivity contribution in [3.8, 4) is 5.88 Å². The fourth-order valence-corrected chi connectivity index (χ4v) is 2.19. The van der Waals surface area contributed by atoms with E-state index < -0.39 is 5.60 Å². The molecule has 1 unspecified atom stereocenters. The molecule has 1 atom stereocenters. The highest BCUT2D eigenvalue weighted by Crippen LogP contribution is 2.18. The molecule has 3 N–H and O–H groups in total. The van der Waals surface area contributed by atoms with E-state index in [1.807, 2.05) is 20.0 Å². The molecule has 2 aromatic rings. The van der Waals surface area contributed by atoms with Gasteiger partial charge in [-0.1, -0.05) is 6.07 Å². The average molecular weight is 474 g/mol. The van der Waals surface area contributed by atoms with Gasteiger partial charge in [-0.05, 0) is 19.4 Å². The number of aliphatic imine (C=N–C) groups is 1. The Bertz CT molecular complexity index is 700. The summed E-state index contributed by atoms with van der Waals surface area (Å²) in [6.07, 6.45) is 5.20. The van der Waals surface area contributed by atoms with Gasteiger partial charge in [0.1, 0.15) is 5.60 Å². The van der Waals surface area contributed by atoms with Crippen LogP contribution in [0.2, 0.25) is 0 Å². The SMILES string of the molecule is CCNC(=NCc1ccc(OC)nc1)NCC(C)(O)c1cnn(C)c1.I.